The van der Waals surface area contributed by atoms with E-state index >= 15 is 0 Å². The molecule has 0 atom stereocenters. The molecule has 0 spiro atoms. The Balaban J connectivity index is 1.54. The maximum absolute atomic E-state index is 12.6. The highest BCUT2D eigenvalue weighted by molar-refractivity contribution is 7.89. The van der Waals surface area contributed by atoms with Crippen molar-refractivity contribution in [2.24, 2.45) is 5.92 Å². The molecule has 1 aliphatic rings. The Kier molecular flexibility index (Phi) is 6.77. The lowest BCUT2D eigenvalue weighted by Crippen LogP contribution is -2.38. The molecule has 1 aromatic heterocycles. The van der Waals surface area contributed by atoms with Crippen LogP contribution in [-0.4, -0.2) is 33.0 Å². The van der Waals surface area contributed by atoms with Gasteiger partial charge in [0.1, 0.15) is 16.4 Å². The second-order valence-electron chi connectivity index (χ2n) is 7.54. The number of aryl methyl sites for hydroxylation is 3. The van der Waals surface area contributed by atoms with Crippen LogP contribution in [0, 0.1) is 26.7 Å². The van der Waals surface area contributed by atoms with Gasteiger partial charge < -0.3 is 4.42 Å². The third-order valence-corrected chi connectivity index (χ3v) is 7.61. The van der Waals surface area contributed by atoms with Gasteiger partial charge in [0.2, 0.25) is 10.0 Å². The van der Waals surface area contributed by atoms with Crippen molar-refractivity contribution in [3.63, 3.8) is 0 Å². The summed E-state index contributed by atoms with van der Waals surface area (Å²) in [7, 11) is -3.66. The first-order valence-electron chi connectivity index (χ1n) is 9.39. The fraction of sp³-hybridized carbons (Fsp3) is 0.500. The Hall–Kier alpha value is -1.05. The number of nitrogens with one attached hydrogen (secondary N) is 1. The molecular formula is C20H26Cl2N2O3S. The van der Waals surface area contributed by atoms with E-state index < -0.39 is 10.0 Å². The minimum absolute atomic E-state index is 0.0827. The van der Waals surface area contributed by atoms with Crippen molar-refractivity contribution in [1.82, 2.24) is 9.62 Å². The molecule has 1 saturated heterocycles. The summed E-state index contributed by atoms with van der Waals surface area (Å²) in [6.07, 6.45) is 1.90. The molecule has 1 fully saturated rings. The van der Waals surface area contributed by atoms with Crippen LogP contribution in [0.5, 0.6) is 0 Å². The molecule has 2 aromatic rings. The first-order valence-corrected chi connectivity index (χ1v) is 11.6. The van der Waals surface area contributed by atoms with Gasteiger partial charge in [0.05, 0.1) is 5.02 Å². The summed E-state index contributed by atoms with van der Waals surface area (Å²) in [5.74, 6) is 2.22. The molecule has 0 aliphatic carbocycles. The zero-order chi connectivity index (χ0) is 20.5. The molecule has 0 saturated carbocycles. The monoisotopic (exact) mass is 444 g/mol. The third-order valence-electron chi connectivity index (χ3n) is 5.31. The topological polar surface area (TPSA) is 62.6 Å². The lowest BCUT2D eigenvalue weighted by Gasteiger charge is -2.31. The van der Waals surface area contributed by atoms with Crippen molar-refractivity contribution < 1.29 is 12.8 Å². The van der Waals surface area contributed by atoms with Crippen molar-refractivity contribution in [2.45, 2.75) is 45.1 Å². The quantitative estimate of drug-likeness (QED) is 0.700. The van der Waals surface area contributed by atoms with Crippen molar-refractivity contribution in [3.05, 3.63) is 50.9 Å². The Morgan fingerprint density at radius 2 is 1.79 bits per heavy atom. The van der Waals surface area contributed by atoms with Crippen LogP contribution in [0.4, 0.5) is 0 Å². The summed E-state index contributed by atoms with van der Waals surface area (Å²) in [6, 6.07) is 5.09. The van der Waals surface area contributed by atoms with Crippen molar-refractivity contribution >= 4 is 33.2 Å². The first-order chi connectivity index (χ1) is 13.2. The van der Waals surface area contributed by atoms with Crippen LogP contribution in [0.15, 0.2) is 27.5 Å². The van der Waals surface area contributed by atoms with Crippen LogP contribution in [0.1, 0.15) is 35.5 Å². The summed E-state index contributed by atoms with van der Waals surface area (Å²) in [4.78, 5) is 2.47. The highest BCUT2D eigenvalue weighted by Crippen LogP contribution is 2.28. The first kappa shape index (κ1) is 21.7. The molecule has 3 rings (SSSR count). The molecular weight excluding hydrogens is 419 g/mol. The van der Waals surface area contributed by atoms with E-state index in [1.165, 1.54) is 17.7 Å². The predicted molar refractivity (Wildman–Crippen MR) is 113 cm³/mol. The molecule has 0 amide bonds. The largest absolute Gasteiger partial charge is 0.466 e. The molecule has 0 unspecified atom stereocenters. The molecule has 154 valence electrons. The number of benzene rings is 1. The average molecular weight is 445 g/mol. The van der Waals surface area contributed by atoms with Gasteiger partial charge in [-0.05, 0) is 76.4 Å². The molecule has 5 nitrogen and oxygen atoms in total. The fourth-order valence-electron chi connectivity index (χ4n) is 3.57. The molecule has 1 N–H and O–H groups in total. The molecule has 1 aromatic carbocycles. The van der Waals surface area contributed by atoms with Crippen LogP contribution in [0.3, 0.4) is 0 Å². The second-order valence-corrected chi connectivity index (χ2v) is 10.1. The number of halogens is 2. The maximum atomic E-state index is 12.6. The minimum atomic E-state index is -3.66. The third kappa shape index (κ3) is 5.10. The molecule has 0 radical (unpaired) electrons. The SMILES string of the molecule is Cc1cc(CN2CCC(CNS(=O)(=O)c3cc(C)c(Cl)cc3Cl)CC2)c(C)o1. The lowest BCUT2D eigenvalue weighted by atomic mass is 9.97. The van der Waals surface area contributed by atoms with E-state index in [1.54, 1.807) is 6.92 Å². The molecule has 0 bridgehead atoms. The fourth-order valence-corrected chi connectivity index (χ4v) is 5.52. The minimum Gasteiger partial charge on any atom is -0.466 e. The van der Waals surface area contributed by atoms with E-state index in [-0.39, 0.29) is 9.92 Å². The molecule has 28 heavy (non-hydrogen) atoms. The average Bonchev–Trinajstić information content (AvgIpc) is 2.94. The second kappa shape index (κ2) is 8.76. The maximum Gasteiger partial charge on any atom is 0.242 e. The standard InChI is InChI=1S/C20H26Cl2N2O3S/c1-13-8-20(19(22)10-18(13)21)28(25,26)23-11-16-4-6-24(7-5-16)12-17-9-14(2)27-15(17)3/h8-10,16,23H,4-7,11-12H2,1-3H3. The van der Waals surface area contributed by atoms with Gasteiger partial charge in [0.25, 0.3) is 0 Å². The Morgan fingerprint density at radius 1 is 1.11 bits per heavy atom. The van der Waals surface area contributed by atoms with E-state index in [9.17, 15) is 8.42 Å². The molecule has 8 heteroatoms. The smallest absolute Gasteiger partial charge is 0.242 e. The van der Waals surface area contributed by atoms with Crippen LogP contribution >= 0.6 is 23.2 Å². The van der Waals surface area contributed by atoms with Gasteiger partial charge >= 0.3 is 0 Å². The van der Waals surface area contributed by atoms with E-state index in [0.29, 0.717) is 23.0 Å². The Morgan fingerprint density at radius 3 is 2.39 bits per heavy atom. The summed E-state index contributed by atoms with van der Waals surface area (Å²) < 4.78 is 33.6. The van der Waals surface area contributed by atoms with Crippen LogP contribution in [0.25, 0.3) is 0 Å². The zero-order valence-corrected chi connectivity index (χ0v) is 18.7. The summed E-state index contributed by atoms with van der Waals surface area (Å²) in [5, 5.41) is 0.600. The lowest BCUT2D eigenvalue weighted by molar-refractivity contribution is 0.178. The number of rotatable bonds is 6. The van der Waals surface area contributed by atoms with Crippen LogP contribution < -0.4 is 4.72 Å². The highest BCUT2D eigenvalue weighted by atomic mass is 35.5. The number of piperidine rings is 1. The van der Waals surface area contributed by atoms with E-state index in [4.69, 9.17) is 27.6 Å². The van der Waals surface area contributed by atoms with E-state index in [2.05, 4.69) is 15.7 Å². The highest BCUT2D eigenvalue weighted by Gasteiger charge is 2.24. The van der Waals surface area contributed by atoms with E-state index in [1.807, 2.05) is 13.8 Å². The van der Waals surface area contributed by atoms with Crippen LogP contribution in [-0.2, 0) is 16.6 Å². The number of sulfonamides is 1. The number of hydrogen-bond acceptors (Lipinski definition) is 4. The van der Waals surface area contributed by atoms with Gasteiger partial charge in [-0.3, -0.25) is 4.90 Å². The van der Waals surface area contributed by atoms with Gasteiger partial charge in [-0.1, -0.05) is 23.2 Å². The number of furan rings is 1. The summed E-state index contributed by atoms with van der Waals surface area (Å²) >= 11 is 12.1. The Bertz CT molecular complexity index is 949. The van der Waals surface area contributed by atoms with Gasteiger partial charge in [-0.15, -0.1) is 0 Å². The normalized spacial score (nSPS) is 16.6. The number of hydrogen-bond donors (Lipinski definition) is 1. The summed E-state index contributed by atoms with van der Waals surface area (Å²) in [6.45, 7) is 8.89. The van der Waals surface area contributed by atoms with E-state index in [0.717, 1.165) is 44.0 Å². The zero-order valence-electron chi connectivity index (χ0n) is 16.4. The van der Waals surface area contributed by atoms with Crippen LogP contribution in [0.2, 0.25) is 10.0 Å². The number of likely N-dealkylation sites (tertiary alicyclic amines) is 1. The van der Waals surface area contributed by atoms with Crippen molar-refractivity contribution in [3.8, 4) is 0 Å². The van der Waals surface area contributed by atoms with Gasteiger partial charge in [-0.2, -0.15) is 0 Å². The van der Waals surface area contributed by atoms with Gasteiger partial charge in [0.15, 0.2) is 0 Å². The predicted octanol–water partition coefficient (Wildman–Crippen LogP) is 4.70. The van der Waals surface area contributed by atoms with Crippen molar-refractivity contribution in [2.75, 3.05) is 19.6 Å². The summed E-state index contributed by atoms with van der Waals surface area (Å²) in [5.41, 5.74) is 1.91. The molecule has 2 heterocycles. The van der Waals surface area contributed by atoms with Crippen molar-refractivity contribution in [1.29, 1.82) is 0 Å². The molecule has 1 aliphatic heterocycles. The van der Waals surface area contributed by atoms with Gasteiger partial charge in [0, 0.05) is 23.7 Å². The Labute approximate surface area is 177 Å². The van der Waals surface area contributed by atoms with Gasteiger partial charge in [-0.25, -0.2) is 13.1 Å². The number of nitrogens with zero attached hydrogens (tertiary/aromatic N) is 1.